The highest BCUT2D eigenvalue weighted by Crippen LogP contribution is 2.44. The SMILES string of the molecule is CCOC(=O)c1ccc2nc(CN3CCC(c4cccc5c4OCC(c4ccc(Cl)cc4F)O5)CC3)n(C[C@@H]3CCO3)c2n1. The lowest BCUT2D eigenvalue weighted by atomic mass is 9.88. The molecule has 0 N–H and O–H groups in total. The first-order valence-corrected chi connectivity index (χ1v) is 15.6. The Labute approximate surface area is 259 Å². The minimum atomic E-state index is -0.538. The van der Waals surface area contributed by atoms with Crippen molar-refractivity contribution in [2.24, 2.45) is 0 Å². The zero-order chi connectivity index (χ0) is 30.2. The van der Waals surface area contributed by atoms with E-state index < -0.39 is 17.9 Å². The van der Waals surface area contributed by atoms with E-state index in [1.54, 1.807) is 25.1 Å². The molecule has 7 rings (SSSR count). The minimum absolute atomic E-state index is 0.118. The largest absolute Gasteiger partial charge is 0.485 e. The van der Waals surface area contributed by atoms with Crippen LogP contribution in [0.25, 0.3) is 11.2 Å². The number of hydrogen-bond acceptors (Lipinski definition) is 8. The van der Waals surface area contributed by atoms with Gasteiger partial charge in [0.15, 0.2) is 28.9 Å². The molecular weight excluding hydrogens is 587 g/mol. The van der Waals surface area contributed by atoms with Gasteiger partial charge >= 0.3 is 5.97 Å². The van der Waals surface area contributed by atoms with Gasteiger partial charge in [-0.05, 0) is 75.5 Å². The minimum Gasteiger partial charge on any atom is -0.485 e. The molecule has 2 aromatic heterocycles. The number of aromatic nitrogens is 3. The van der Waals surface area contributed by atoms with Crippen molar-refractivity contribution in [2.45, 2.75) is 57.4 Å². The molecule has 44 heavy (non-hydrogen) atoms. The molecule has 5 heterocycles. The summed E-state index contributed by atoms with van der Waals surface area (Å²) in [5.41, 5.74) is 3.28. The zero-order valence-corrected chi connectivity index (χ0v) is 25.3. The van der Waals surface area contributed by atoms with Gasteiger partial charge < -0.3 is 23.5 Å². The lowest BCUT2D eigenvalue weighted by molar-refractivity contribution is -0.0593. The first kappa shape index (κ1) is 29.0. The first-order valence-electron chi connectivity index (χ1n) is 15.2. The number of halogens is 2. The molecule has 2 saturated heterocycles. The van der Waals surface area contributed by atoms with E-state index in [-0.39, 0.29) is 18.4 Å². The van der Waals surface area contributed by atoms with E-state index in [9.17, 15) is 9.18 Å². The number of benzene rings is 2. The average Bonchev–Trinajstić information content (AvgIpc) is 3.34. The highest BCUT2D eigenvalue weighted by atomic mass is 35.5. The molecule has 1 unspecified atom stereocenters. The Morgan fingerprint density at radius 1 is 1.09 bits per heavy atom. The number of nitrogens with zero attached hydrogens (tertiary/aromatic N) is 4. The van der Waals surface area contributed by atoms with Crippen molar-refractivity contribution in [3.63, 3.8) is 0 Å². The first-order chi connectivity index (χ1) is 21.5. The van der Waals surface area contributed by atoms with Gasteiger partial charge in [-0.1, -0.05) is 29.8 Å². The van der Waals surface area contributed by atoms with Crippen LogP contribution < -0.4 is 9.47 Å². The quantitative estimate of drug-likeness (QED) is 0.219. The fourth-order valence-corrected chi connectivity index (χ4v) is 6.44. The maximum atomic E-state index is 14.6. The van der Waals surface area contributed by atoms with E-state index >= 15 is 0 Å². The number of rotatable bonds is 8. The molecule has 2 aromatic carbocycles. The van der Waals surface area contributed by atoms with Crippen LogP contribution in [0, 0.1) is 5.82 Å². The highest BCUT2D eigenvalue weighted by molar-refractivity contribution is 6.30. The number of ether oxygens (including phenoxy) is 4. The Morgan fingerprint density at radius 2 is 1.93 bits per heavy atom. The van der Waals surface area contributed by atoms with Crippen molar-refractivity contribution in [1.82, 2.24) is 19.4 Å². The number of fused-ring (bicyclic) bond motifs is 2. The van der Waals surface area contributed by atoms with Crippen molar-refractivity contribution >= 4 is 28.7 Å². The standard InChI is InChI=1S/C33H34ClFN4O5/c1-2-41-33(40)27-9-8-26-32(37-27)39(17-22-12-15-42-22)30(36-26)18-38-13-10-20(11-14-38)23-4-3-5-28-31(23)43-19-29(44-28)24-7-6-21(34)16-25(24)35/h3-9,16,20,22,29H,2,10-15,17-19H2,1H3/t22-,29?/m0/s1. The maximum absolute atomic E-state index is 14.6. The molecule has 3 aliphatic rings. The molecule has 0 bridgehead atoms. The third kappa shape index (κ3) is 5.74. The molecule has 11 heteroatoms. The summed E-state index contributed by atoms with van der Waals surface area (Å²) >= 11 is 5.94. The lowest BCUT2D eigenvalue weighted by Gasteiger charge is -2.35. The van der Waals surface area contributed by atoms with Crippen LogP contribution in [0.3, 0.4) is 0 Å². The lowest BCUT2D eigenvalue weighted by Crippen LogP contribution is -2.35. The Bertz CT molecular complexity index is 1680. The number of para-hydroxylation sites is 1. The monoisotopic (exact) mass is 620 g/mol. The van der Waals surface area contributed by atoms with Gasteiger partial charge in [0.1, 0.15) is 23.8 Å². The van der Waals surface area contributed by atoms with Gasteiger partial charge in [-0.3, -0.25) is 4.90 Å². The van der Waals surface area contributed by atoms with Crippen LogP contribution in [0.5, 0.6) is 11.5 Å². The fraction of sp³-hybridized carbons (Fsp3) is 0.424. The van der Waals surface area contributed by atoms with Crippen LogP contribution in [0.2, 0.25) is 5.02 Å². The number of imidazole rings is 1. The summed E-state index contributed by atoms with van der Waals surface area (Å²) in [4.78, 5) is 24.4. The van der Waals surface area contributed by atoms with E-state index in [1.165, 1.54) is 6.07 Å². The Kier molecular flexibility index (Phi) is 8.14. The van der Waals surface area contributed by atoms with Crippen LogP contribution in [-0.4, -0.2) is 64.4 Å². The highest BCUT2D eigenvalue weighted by Gasteiger charge is 2.31. The van der Waals surface area contributed by atoms with Crippen molar-refractivity contribution in [3.8, 4) is 11.5 Å². The maximum Gasteiger partial charge on any atom is 0.357 e. The van der Waals surface area contributed by atoms with Gasteiger partial charge in [-0.2, -0.15) is 0 Å². The predicted molar refractivity (Wildman–Crippen MR) is 162 cm³/mol. The molecule has 0 aliphatic carbocycles. The third-order valence-corrected chi connectivity index (χ3v) is 8.93. The smallest absolute Gasteiger partial charge is 0.357 e. The van der Waals surface area contributed by atoms with Gasteiger partial charge in [0.2, 0.25) is 0 Å². The second-order valence-corrected chi connectivity index (χ2v) is 11.9. The van der Waals surface area contributed by atoms with E-state index in [0.29, 0.717) is 47.6 Å². The number of likely N-dealkylation sites (tertiary alicyclic amines) is 1. The zero-order valence-electron chi connectivity index (χ0n) is 24.5. The number of hydrogen-bond donors (Lipinski definition) is 0. The molecule has 3 aliphatic heterocycles. The Morgan fingerprint density at radius 3 is 2.68 bits per heavy atom. The Balaban J connectivity index is 1.05. The van der Waals surface area contributed by atoms with E-state index in [0.717, 1.165) is 61.6 Å². The van der Waals surface area contributed by atoms with E-state index in [2.05, 4.69) is 20.5 Å². The summed E-state index contributed by atoms with van der Waals surface area (Å²) in [6.45, 7) is 6.16. The van der Waals surface area contributed by atoms with Gasteiger partial charge in [0, 0.05) is 22.8 Å². The number of carbonyl (C=O) groups excluding carboxylic acids is 1. The van der Waals surface area contributed by atoms with E-state index in [1.807, 2.05) is 18.2 Å². The summed E-state index contributed by atoms with van der Waals surface area (Å²) in [7, 11) is 0. The normalized spacial score (nSPS) is 20.4. The molecular formula is C33H34ClFN4O5. The van der Waals surface area contributed by atoms with Gasteiger partial charge in [-0.25, -0.2) is 19.2 Å². The van der Waals surface area contributed by atoms with Crippen molar-refractivity contribution < 1.29 is 28.1 Å². The second kappa shape index (κ2) is 12.3. The molecule has 0 radical (unpaired) electrons. The predicted octanol–water partition coefficient (Wildman–Crippen LogP) is 6.08. The number of esters is 1. The molecule has 2 atom stereocenters. The summed E-state index contributed by atoms with van der Waals surface area (Å²) in [5, 5.41) is 0.349. The molecule has 0 saturated carbocycles. The summed E-state index contributed by atoms with van der Waals surface area (Å²) in [6.07, 6.45) is 2.47. The van der Waals surface area contributed by atoms with Crippen LogP contribution in [0.1, 0.15) is 65.6 Å². The molecule has 4 aromatic rings. The number of pyridine rings is 1. The van der Waals surface area contributed by atoms with Crippen molar-refractivity contribution in [3.05, 3.63) is 82.0 Å². The number of piperidine rings is 1. The van der Waals surface area contributed by atoms with Gasteiger partial charge in [-0.15, -0.1) is 0 Å². The van der Waals surface area contributed by atoms with Gasteiger partial charge in [0.25, 0.3) is 0 Å². The molecule has 230 valence electrons. The fourth-order valence-electron chi connectivity index (χ4n) is 6.28. The second-order valence-electron chi connectivity index (χ2n) is 11.5. The summed E-state index contributed by atoms with van der Waals surface area (Å²) < 4.78 is 40.0. The van der Waals surface area contributed by atoms with Crippen LogP contribution in [0.15, 0.2) is 48.5 Å². The molecule has 0 spiro atoms. The average molecular weight is 621 g/mol. The van der Waals surface area contributed by atoms with Crippen molar-refractivity contribution in [1.29, 1.82) is 0 Å². The molecule has 2 fully saturated rings. The van der Waals surface area contributed by atoms with E-state index in [4.69, 9.17) is 35.5 Å². The van der Waals surface area contributed by atoms with Crippen LogP contribution in [0.4, 0.5) is 4.39 Å². The number of carbonyl (C=O) groups is 1. The summed E-state index contributed by atoms with van der Waals surface area (Å²) in [6, 6.07) is 14.1. The van der Waals surface area contributed by atoms with Crippen LogP contribution >= 0.6 is 11.6 Å². The van der Waals surface area contributed by atoms with Gasteiger partial charge in [0.05, 0.1) is 25.8 Å². The molecule has 9 nitrogen and oxygen atoms in total. The molecule has 0 amide bonds. The van der Waals surface area contributed by atoms with Crippen molar-refractivity contribution in [2.75, 3.05) is 32.9 Å². The summed E-state index contributed by atoms with van der Waals surface area (Å²) in [5.74, 6) is 1.78. The third-order valence-electron chi connectivity index (χ3n) is 8.69. The van der Waals surface area contributed by atoms with Crippen LogP contribution in [-0.2, 0) is 22.6 Å². The topological polar surface area (TPSA) is 87.9 Å². The Hall–Kier alpha value is -3.73.